The number of nitrogens with zero attached hydrogens (tertiary/aromatic N) is 4. The first-order chi connectivity index (χ1) is 21.4. The number of methoxy groups -OCH3 is 2. The number of hydrogen-bond donors (Lipinski definition) is 1. The molecule has 0 bridgehead atoms. The molecule has 0 spiro atoms. The van der Waals surface area contributed by atoms with Gasteiger partial charge in [-0.15, -0.1) is 10.2 Å². The van der Waals surface area contributed by atoms with E-state index in [9.17, 15) is 13.2 Å². The van der Waals surface area contributed by atoms with E-state index in [2.05, 4.69) is 15.5 Å². The van der Waals surface area contributed by atoms with Gasteiger partial charge in [-0.2, -0.15) is 0 Å². The number of thioether (sulfide) groups is 1. The number of para-hydroxylation sites is 2. The van der Waals surface area contributed by atoms with E-state index in [-0.39, 0.29) is 16.6 Å². The van der Waals surface area contributed by atoms with Crippen molar-refractivity contribution in [3.8, 4) is 28.6 Å². The van der Waals surface area contributed by atoms with Gasteiger partial charge in [0.2, 0.25) is 5.91 Å². The van der Waals surface area contributed by atoms with E-state index >= 15 is 0 Å². The Morgan fingerprint density at radius 1 is 0.864 bits per heavy atom. The predicted molar refractivity (Wildman–Crippen MR) is 170 cm³/mol. The molecule has 6 rings (SSSR count). The molecule has 0 fully saturated rings. The van der Waals surface area contributed by atoms with Gasteiger partial charge in [0.05, 0.1) is 36.1 Å². The molecule has 12 heteroatoms. The fourth-order valence-corrected chi connectivity index (χ4v) is 6.94. The maximum absolute atomic E-state index is 13.8. The smallest absolute Gasteiger partial charge is 0.268 e. The van der Waals surface area contributed by atoms with Crippen molar-refractivity contribution in [2.45, 2.75) is 10.1 Å². The van der Waals surface area contributed by atoms with Crippen molar-refractivity contribution in [1.82, 2.24) is 18.7 Å². The third kappa shape index (κ3) is 5.52. The zero-order chi connectivity index (χ0) is 30.7. The number of benzene rings is 4. The minimum absolute atomic E-state index is 0.0451. The van der Waals surface area contributed by atoms with Crippen LogP contribution in [-0.4, -0.2) is 53.0 Å². The summed E-state index contributed by atoms with van der Waals surface area (Å²) in [5.74, 6) is 1.25. The normalized spacial score (nSPS) is 11.4. The fourth-order valence-electron chi connectivity index (χ4n) is 4.81. The van der Waals surface area contributed by atoms with E-state index in [1.807, 2.05) is 42.5 Å². The van der Waals surface area contributed by atoms with Crippen LogP contribution >= 0.6 is 11.8 Å². The minimum Gasteiger partial charge on any atom is -0.497 e. The molecule has 10 nitrogen and oxygen atoms in total. The van der Waals surface area contributed by atoms with Crippen LogP contribution in [0.5, 0.6) is 11.5 Å². The maximum Gasteiger partial charge on any atom is 0.268 e. The van der Waals surface area contributed by atoms with E-state index in [0.717, 1.165) is 0 Å². The summed E-state index contributed by atoms with van der Waals surface area (Å²) in [6.45, 7) is 0. The summed E-state index contributed by atoms with van der Waals surface area (Å²) in [6.07, 6.45) is 1.55. The summed E-state index contributed by atoms with van der Waals surface area (Å²) < 4.78 is 41.8. The zero-order valence-electron chi connectivity index (χ0n) is 23.7. The van der Waals surface area contributed by atoms with Crippen LogP contribution in [0.1, 0.15) is 0 Å². The van der Waals surface area contributed by atoms with Gasteiger partial charge in [-0.25, -0.2) is 12.4 Å². The molecule has 2 aromatic heterocycles. The number of fused-ring (bicyclic) bond motifs is 1. The van der Waals surface area contributed by atoms with Gasteiger partial charge in [0.15, 0.2) is 11.0 Å². The molecule has 0 atom stereocenters. The Morgan fingerprint density at radius 2 is 1.57 bits per heavy atom. The van der Waals surface area contributed by atoms with Crippen molar-refractivity contribution in [3.63, 3.8) is 0 Å². The van der Waals surface area contributed by atoms with E-state index in [1.165, 1.54) is 15.7 Å². The Balaban J connectivity index is 1.50. The first kappa shape index (κ1) is 29.0. The summed E-state index contributed by atoms with van der Waals surface area (Å²) in [4.78, 5) is 13.0. The topological polar surface area (TPSA) is 117 Å². The number of amides is 1. The van der Waals surface area contributed by atoms with E-state index in [0.29, 0.717) is 50.3 Å². The SMILES string of the molecule is COc1ccc(OC)c(-n2c(SCC(=O)Nc3ccccc3)nnc2-c2cn(S(=O)(=O)c3ccccc3)c3ccccc23)c1. The lowest BCUT2D eigenvalue weighted by Crippen LogP contribution is -2.14. The van der Waals surface area contributed by atoms with Crippen molar-refractivity contribution in [1.29, 1.82) is 0 Å². The molecule has 44 heavy (non-hydrogen) atoms. The lowest BCUT2D eigenvalue weighted by atomic mass is 10.1. The average molecular weight is 626 g/mol. The number of nitrogens with one attached hydrogen (secondary N) is 1. The molecular formula is C32H27N5O5S2. The van der Waals surface area contributed by atoms with Crippen LogP contribution in [0.4, 0.5) is 5.69 Å². The second-order valence-corrected chi connectivity index (χ2v) is 12.3. The third-order valence-electron chi connectivity index (χ3n) is 6.87. The van der Waals surface area contributed by atoms with Crippen LogP contribution in [0.2, 0.25) is 0 Å². The highest BCUT2D eigenvalue weighted by atomic mass is 32.2. The Hall–Kier alpha value is -5.07. The number of carbonyl (C=O) groups is 1. The summed E-state index contributed by atoms with van der Waals surface area (Å²) in [5, 5.41) is 12.9. The number of aromatic nitrogens is 4. The molecular weight excluding hydrogens is 599 g/mol. The quantitative estimate of drug-likeness (QED) is 0.188. The van der Waals surface area contributed by atoms with Crippen molar-refractivity contribution >= 4 is 44.3 Å². The zero-order valence-corrected chi connectivity index (χ0v) is 25.4. The Bertz CT molecular complexity index is 2060. The van der Waals surface area contributed by atoms with Crippen LogP contribution in [0, 0.1) is 0 Å². The molecule has 4 aromatic carbocycles. The van der Waals surface area contributed by atoms with Crippen LogP contribution in [0.3, 0.4) is 0 Å². The van der Waals surface area contributed by atoms with E-state index < -0.39 is 10.0 Å². The van der Waals surface area contributed by atoms with E-state index in [4.69, 9.17) is 9.47 Å². The van der Waals surface area contributed by atoms with Crippen molar-refractivity contribution in [3.05, 3.63) is 109 Å². The highest BCUT2D eigenvalue weighted by molar-refractivity contribution is 7.99. The van der Waals surface area contributed by atoms with Gasteiger partial charge < -0.3 is 14.8 Å². The molecule has 0 unspecified atom stereocenters. The number of anilines is 1. The van der Waals surface area contributed by atoms with Gasteiger partial charge in [-0.3, -0.25) is 9.36 Å². The molecule has 222 valence electrons. The fraction of sp³-hybridized carbons (Fsp3) is 0.0938. The Kier molecular flexibility index (Phi) is 8.09. The first-order valence-electron chi connectivity index (χ1n) is 13.5. The van der Waals surface area contributed by atoms with E-state index in [1.54, 1.807) is 85.6 Å². The van der Waals surface area contributed by atoms with Crippen LogP contribution in [0.25, 0.3) is 28.0 Å². The van der Waals surface area contributed by atoms with Crippen molar-refractivity contribution in [2.24, 2.45) is 0 Å². The van der Waals surface area contributed by atoms with Crippen molar-refractivity contribution < 1.29 is 22.7 Å². The van der Waals surface area contributed by atoms with Gasteiger partial charge >= 0.3 is 0 Å². The third-order valence-corrected chi connectivity index (χ3v) is 9.49. The second kappa shape index (κ2) is 12.3. The largest absolute Gasteiger partial charge is 0.497 e. The summed E-state index contributed by atoms with van der Waals surface area (Å²) in [7, 11) is -0.833. The van der Waals surface area contributed by atoms with Gasteiger partial charge in [0.1, 0.15) is 11.5 Å². The van der Waals surface area contributed by atoms with Crippen LogP contribution in [-0.2, 0) is 14.8 Å². The van der Waals surface area contributed by atoms with Crippen LogP contribution in [0.15, 0.2) is 119 Å². The number of carbonyl (C=O) groups excluding carboxylic acids is 1. The number of hydrogen-bond acceptors (Lipinski definition) is 8. The molecule has 1 N–H and O–H groups in total. The number of ether oxygens (including phenoxy) is 2. The minimum atomic E-state index is -3.94. The molecule has 1 amide bonds. The Labute approximate surface area is 258 Å². The van der Waals surface area contributed by atoms with Gasteiger partial charge in [-0.05, 0) is 42.5 Å². The monoisotopic (exact) mass is 625 g/mol. The second-order valence-electron chi connectivity index (χ2n) is 9.56. The molecule has 0 aliphatic rings. The molecule has 6 aromatic rings. The first-order valence-corrected chi connectivity index (χ1v) is 15.9. The maximum atomic E-state index is 13.8. The van der Waals surface area contributed by atoms with Crippen LogP contribution < -0.4 is 14.8 Å². The lowest BCUT2D eigenvalue weighted by molar-refractivity contribution is -0.113. The van der Waals surface area contributed by atoms with Gasteiger partial charge in [0, 0.05) is 28.9 Å². The summed E-state index contributed by atoms with van der Waals surface area (Å²) in [6, 6.07) is 29.9. The highest BCUT2D eigenvalue weighted by Gasteiger charge is 2.27. The summed E-state index contributed by atoms with van der Waals surface area (Å²) in [5.41, 5.74) is 2.25. The van der Waals surface area contributed by atoms with Gasteiger partial charge in [-0.1, -0.05) is 66.4 Å². The molecule has 0 saturated heterocycles. The average Bonchev–Trinajstić information content (AvgIpc) is 3.66. The Morgan fingerprint density at radius 3 is 2.30 bits per heavy atom. The predicted octanol–water partition coefficient (Wildman–Crippen LogP) is 5.87. The molecule has 0 aliphatic heterocycles. The summed E-state index contributed by atoms with van der Waals surface area (Å²) >= 11 is 1.19. The highest BCUT2D eigenvalue weighted by Crippen LogP contribution is 2.38. The van der Waals surface area contributed by atoms with Crippen molar-refractivity contribution in [2.75, 3.05) is 25.3 Å². The molecule has 2 heterocycles. The molecule has 0 aliphatic carbocycles. The molecule has 0 saturated carbocycles. The van der Waals surface area contributed by atoms with Gasteiger partial charge in [0.25, 0.3) is 10.0 Å². The molecule has 0 radical (unpaired) electrons. The number of rotatable bonds is 10. The standard InChI is InChI=1S/C32H27N5O5S2/c1-41-23-17-18-29(42-2)28(19-23)37-31(34-35-32(37)43-21-30(38)33-22-11-5-3-6-12-22)26-20-36(27-16-10-9-15-25(26)27)44(39,40)24-13-7-4-8-14-24/h3-20H,21H2,1-2H3,(H,33,38). The lowest BCUT2D eigenvalue weighted by Gasteiger charge is -2.15.